The molecule has 0 bridgehead atoms. The van der Waals surface area contributed by atoms with E-state index in [2.05, 4.69) is 98.8 Å². The van der Waals surface area contributed by atoms with Crippen LogP contribution >= 0.6 is 0 Å². The molecule has 0 saturated carbocycles. The van der Waals surface area contributed by atoms with Crippen molar-refractivity contribution in [2.45, 2.75) is 44.4 Å². The first-order chi connectivity index (χ1) is 13.8. The summed E-state index contributed by atoms with van der Waals surface area (Å²) in [6, 6.07) is 31.0. The lowest BCUT2D eigenvalue weighted by atomic mass is 9.82. The van der Waals surface area contributed by atoms with Crippen LogP contribution in [0.1, 0.15) is 55.6 Å². The highest BCUT2D eigenvalue weighted by Gasteiger charge is 2.17. The molecule has 4 rings (SSSR count). The number of hydrogen-bond donors (Lipinski definition) is 0. The van der Waals surface area contributed by atoms with Gasteiger partial charge in [0.25, 0.3) is 0 Å². The lowest BCUT2D eigenvalue weighted by Gasteiger charge is -2.22. The molecule has 0 heterocycles. The molecule has 0 fully saturated rings. The Morgan fingerprint density at radius 3 is 1.61 bits per heavy atom. The van der Waals surface area contributed by atoms with Crippen LogP contribution in [0.5, 0.6) is 0 Å². The highest BCUT2D eigenvalue weighted by Crippen LogP contribution is 2.36. The third-order valence-corrected chi connectivity index (χ3v) is 6.23. The molecule has 4 aromatic carbocycles. The van der Waals surface area contributed by atoms with Crippen molar-refractivity contribution in [3.05, 3.63) is 103 Å². The van der Waals surface area contributed by atoms with Crippen molar-refractivity contribution >= 4 is 21.5 Å². The zero-order valence-electron chi connectivity index (χ0n) is 16.8. The van der Waals surface area contributed by atoms with Crippen molar-refractivity contribution < 1.29 is 0 Å². The predicted octanol–water partition coefficient (Wildman–Crippen LogP) is 8.27. The molecule has 28 heavy (non-hydrogen) atoms. The maximum absolute atomic E-state index is 4.30. The van der Waals surface area contributed by atoms with E-state index in [0.717, 1.165) is 6.42 Å². The SMILES string of the molecule is [CH2]CC(CCC(CC)c1cccc2ccccc12)c1cccc2ccccc12. The minimum atomic E-state index is 0.509. The third kappa shape index (κ3) is 3.69. The molecule has 0 spiro atoms. The fraction of sp³-hybridized carbons (Fsp3) is 0.250. The summed E-state index contributed by atoms with van der Waals surface area (Å²) in [6.45, 7) is 6.62. The predicted molar refractivity (Wildman–Crippen MR) is 123 cm³/mol. The van der Waals surface area contributed by atoms with Crippen LogP contribution in [-0.4, -0.2) is 0 Å². The van der Waals surface area contributed by atoms with E-state index >= 15 is 0 Å². The second-order valence-corrected chi connectivity index (χ2v) is 7.80. The fourth-order valence-electron chi connectivity index (χ4n) is 4.65. The lowest BCUT2D eigenvalue weighted by Crippen LogP contribution is -2.04. The first-order valence-electron chi connectivity index (χ1n) is 10.6. The van der Waals surface area contributed by atoms with E-state index in [4.69, 9.17) is 0 Å². The van der Waals surface area contributed by atoms with E-state index in [9.17, 15) is 0 Å². The van der Waals surface area contributed by atoms with Crippen LogP contribution in [0, 0.1) is 6.92 Å². The zero-order valence-corrected chi connectivity index (χ0v) is 16.8. The molecule has 0 N–H and O–H groups in total. The normalized spacial score (nSPS) is 13.6. The summed E-state index contributed by atoms with van der Waals surface area (Å²) in [6.07, 6.45) is 4.50. The average molecular weight is 366 g/mol. The summed E-state index contributed by atoms with van der Waals surface area (Å²) < 4.78 is 0. The van der Waals surface area contributed by atoms with E-state index in [1.54, 1.807) is 0 Å². The Hall–Kier alpha value is -2.60. The summed E-state index contributed by atoms with van der Waals surface area (Å²) >= 11 is 0. The Morgan fingerprint density at radius 1 is 0.607 bits per heavy atom. The molecule has 2 unspecified atom stereocenters. The van der Waals surface area contributed by atoms with Gasteiger partial charge in [-0.1, -0.05) is 98.8 Å². The molecule has 2 atom stereocenters. The van der Waals surface area contributed by atoms with Gasteiger partial charge in [0.15, 0.2) is 0 Å². The molecule has 0 aliphatic carbocycles. The van der Waals surface area contributed by atoms with Gasteiger partial charge in [-0.15, -0.1) is 0 Å². The van der Waals surface area contributed by atoms with Crippen LogP contribution in [0.4, 0.5) is 0 Å². The Morgan fingerprint density at radius 2 is 1.07 bits per heavy atom. The molecule has 0 heteroatoms. The topological polar surface area (TPSA) is 0 Å². The van der Waals surface area contributed by atoms with Gasteiger partial charge in [-0.2, -0.15) is 0 Å². The molecule has 0 amide bonds. The van der Waals surface area contributed by atoms with Gasteiger partial charge in [-0.3, -0.25) is 0 Å². The van der Waals surface area contributed by atoms with Crippen molar-refractivity contribution in [3.8, 4) is 0 Å². The average Bonchev–Trinajstić information content (AvgIpc) is 2.76. The van der Waals surface area contributed by atoms with Gasteiger partial charge in [0, 0.05) is 0 Å². The Labute approximate surface area is 169 Å². The first kappa shape index (κ1) is 18.7. The number of rotatable bonds is 7. The van der Waals surface area contributed by atoms with Crippen molar-refractivity contribution in [1.29, 1.82) is 0 Å². The van der Waals surface area contributed by atoms with Crippen molar-refractivity contribution in [2.24, 2.45) is 0 Å². The van der Waals surface area contributed by atoms with Gasteiger partial charge in [-0.25, -0.2) is 0 Å². The highest BCUT2D eigenvalue weighted by molar-refractivity contribution is 5.87. The molecule has 0 nitrogen and oxygen atoms in total. The largest absolute Gasteiger partial charge is 0.0648 e. The van der Waals surface area contributed by atoms with Crippen LogP contribution in [0.3, 0.4) is 0 Å². The van der Waals surface area contributed by atoms with E-state index in [1.165, 1.54) is 51.9 Å². The second kappa shape index (κ2) is 8.61. The number of benzene rings is 4. The Bertz CT molecular complexity index is 962. The van der Waals surface area contributed by atoms with Gasteiger partial charge >= 0.3 is 0 Å². The van der Waals surface area contributed by atoms with Gasteiger partial charge in [0.05, 0.1) is 0 Å². The van der Waals surface area contributed by atoms with E-state index in [0.29, 0.717) is 11.8 Å². The van der Waals surface area contributed by atoms with E-state index in [-0.39, 0.29) is 0 Å². The molecular weight excluding hydrogens is 336 g/mol. The van der Waals surface area contributed by atoms with Gasteiger partial charge < -0.3 is 0 Å². The van der Waals surface area contributed by atoms with Crippen LogP contribution in [0.15, 0.2) is 84.9 Å². The number of fused-ring (bicyclic) bond motifs is 2. The van der Waals surface area contributed by atoms with Crippen LogP contribution < -0.4 is 0 Å². The van der Waals surface area contributed by atoms with Crippen LogP contribution in [0.2, 0.25) is 0 Å². The van der Waals surface area contributed by atoms with Crippen LogP contribution in [0.25, 0.3) is 21.5 Å². The summed E-state index contributed by atoms with van der Waals surface area (Å²) in [4.78, 5) is 0. The third-order valence-electron chi connectivity index (χ3n) is 6.23. The fourth-order valence-corrected chi connectivity index (χ4v) is 4.65. The first-order valence-corrected chi connectivity index (χ1v) is 10.6. The van der Waals surface area contributed by atoms with Crippen molar-refractivity contribution in [2.75, 3.05) is 0 Å². The standard InChI is InChI=1S/C28H29/c1-3-21(25-17-9-13-23-11-5-7-15-27(23)25)19-20-22(4-2)26-18-10-14-24-12-6-8-16-28(24)26/h5-18,21-22H,1,3-4,19-20H2,2H3. The maximum atomic E-state index is 4.30. The summed E-state index contributed by atoms with van der Waals surface area (Å²) in [5.41, 5.74) is 2.96. The minimum absolute atomic E-state index is 0.509. The smallest absolute Gasteiger partial charge is 0.0149 e. The Kier molecular flexibility index (Phi) is 5.76. The summed E-state index contributed by atoms with van der Waals surface area (Å²) in [5.74, 6) is 1.10. The highest BCUT2D eigenvalue weighted by atomic mass is 14.2. The quantitative estimate of drug-likeness (QED) is 0.309. The van der Waals surface area contributed by atoms with Gasteiger partial charge in [-0.05, 0) is 70.2 Å². The van der Waals surface area contributed by atoms with Gasteiger partial charge in [0.2, 0.25) is 0 Å². The molecule has 0 aliphatic heterocycles. The summed E-state index contributed by atoms with van der Waals surface area (Å²) in [5, 5.41) is 5.48. The lowest BCUT2D eigenvalue weighted by molar-refractivity contribution is 0.521. The van der Waals surface area contributed by atoms with E-state index < -0.39 is 0 Å². The molecule has 1 radical (unpaired) electrons. The molecule has 0 aliphatic rings. The van der Waals surface area contributed by atoms with Crippen molar-refractivity contribution in [3.63, 3.8) is 0 Å². The molecular formula is C28H29. The number of hydrogen-bond acceptors (Lipinski definition) is 0. The maximum Gasteiger partial charge on any atom is -0.0149 e. The molecule has 141 valence electrons. The molecule has 4 aromatic rings. The molecule has 0 aromatic heterocycles. The van der Waals surface area contributed by atoms with E-state index in [1.807, 2.05) is 0 Å². The zero-order chi connectivity index (χ0) is 19.3. The molecule has 0 saturated heterocycles. The summed E-state index contributed by atoms with van der Waals surface area (Å²) in [7, 11) is 0. The second-order valence-electron chi connectivity index (χ2n) is 7.80. The minimum Gasteiger partial charge on any atom is -0.0648 e. The Balaban J connectivity index is 1.60. The monoisotopic (exact) mass is 365 g/mol. The van der Waals surface area contributed by atoms with Gasteiger partial charge in [0.1, 0.15) is 0 Å². The van der Waals surface area contributed by atoms with Crippen LogP contribution in [-0.2, 0) is 0 Å². The van der Waals surface area contributed by atoms with Crippen molar-refractivity contribution in [1.82, 2.24) is 0 Å².